The summed E-state index contributed by atoms with van der Waals surface area (Å²) in [4.78, 5) is 13.8. The lowest BCUT2D eigenvalue weighted by atomic mass is 10.2. The predicted molar refractivity (Wildman–Crippen MR) is 103 cm³/mol. The highest BCUT2D eigenvalue weighted by atomic mass is 79.9. The van der Waals surface area contributed by atoms with Gasteiger partial charge in [0.2, 0.25) is 0 Å². The summed E-state index contributed by atoms with van der Waals surface area (Å²) in [5, 5.41) is 20.2. The summed E-state index contributed by atoms with van der Waals surface area (Å²) in [6.07, 6.45) is 0. The zero-order chi connectivity index (χ0) is 18.8. The molecule has 4 aromatic rings. The second-order valence-electron chi connectivity index (χ2n) is 5.72. The summed E-state index contributed by atoms with van der Waals surface area (Å²) < 4.78 is 0.969. The van der Waals surface area contributed by atoms with Crippen LogP contribution in [0.5, 0.6) is 0 Å². The molecule has 8 heteroatoms. The zero-order valence-electron chi connectivity index (χ0n) is 13.9. The fourth-order valence-corrected chi connectivity index (χ4v) is 2.87. The van der Waals surface area contributed by atoms with Gasteiger partial charge in [-0.2, -0.15) is 0 Å². The van der Waals surface area contributed by atoms with E-state index in [0.29, 0.717) is 11.5 Å². The second kappa shape index (κ2) is 7.08. The van der Waals surface area contributed by atoms with E-state index >= 15 is 0 Å². The number of hydrogen-bond acceptors (Lipinski definition) is 4. The highest BCUT2D eigenvalue weighted by Gasteiger charge is 2.23. The Labute approximate surface area is 162 Å². The predicted octanol–water partition coefficient (Wildman–Crippen LogP) is 3.88. The first kappa shape index (κ1) is 17.0. The molecule has 7 nitrogen and oxygen atoms in total. The van der Waals surface area contributed by atoms with Gasteiger partial charge >= 0.3 is 5.82 Å². The summed E-state index contributed by atoms with van der Waals surface area (Å²) in [6, 6.07) is 23.5. The molecule has 0 bridgehead atoms. The van der Waals surface area contributed by atoms with Crippen molar-refractivity contribution in [2.24, 2.45) is 0 Å². The van der Waals surface area contributed by atoms with Gasteiger partial charge in [0.25, 0.3) is 5.69 Å². The van der Waals surface area contributed by atoms with Crippen molar-refractivity contribution in [3.8, 4) is 22.8 Å². The molecule has 132 valence electrons. The molecule has 3 aromatic carbocycles. The van der Waals surface area contributed by atoms with Gasteiger partial charge in [0.05, 0.1) is 15.6 Å². The molecule has 0 aliphatic carbocycles. The van der Waals surface area contributed by atoms with Gasteiger partial charge in [-0.1, -0.05) is 34.1 Å². The van der Waals surface area contributed by atoms with Gasteiger partial charge < -0.3 is 0 Å². The Kier molecular flexibility index (Phi) is 4.47. The minimum atomic E-state index is -0.427. The lowest BCUT2D eigenvalue weighted by Crippen LogP contribution is -2.43. The number of non-ortho nitro benzene ring substituents is 1. The third kappa shape index (κ3) is 3.47. The fourth-order valence-electron chi connectivity index (χ4n) is 2.60. The van der Waals surface area contributed by atoms with Crippen LogP contribution in [0.4, 0.5) is 5.69 Å². The number of hydrogen-bond donors (Lipinski definition) is 0. The lowest BCUT2D eigenvalue weighted by Gasteiger charge is -1.99. The standard InChI is InChI=1S/C19H13BrN5O2/c20-15-8-6-14(7-9-15)19-21-23(16-4-2-1-3-5-16)24(22-19)17-10-12-18(13-11-17)25(26)27/h1-13H/q+1. The van der Waals surface area contributed by atoms with Gasteiger partial charge in [0.15, 0.2) is 5.69 Å². The Hall–Kier alpha value is -3.39. The van der Waals surface area contributed by atoms with Crippen LogP contribution in [-0.4, -0.2) is 19.9 Å². The average Bonchev–Trinajstić information content (AvgIpc) is 3.15. The summed E-state index contributed by atoms with van der Waals surface area (Å²) in [7, 11) is 0. The molecule has 0 N–H and O–H groups in total. The van der Waals surface area contributed by atoms with Crippen LogP contribution in [-0.2, 0) is 0 Å². The lowest BCUT2D eigenvalue weighted by molar-refractivity contribution is -0.734. The molecule has 4 rings (SSSR count). The van der Waals surface area contributed by atoms with Crippen LogP contribution in [0, 0.1) is 10.1 Å². The van der Waals surface area contributed by atoms with Crippen molar-refractivity contribution in [2.75, 3.05) is 0 Å². The van der Waals surface area contributed by atoms with Crippen molar-refractivity contribution < 1.29 is 9.72 Å². The van der Waals surface area contributed by atoms with Crippen molar-refractivity contribution in [3.05, 3.63) is 93.4 Å². The van der Waals surface area contributed by atoms with Crippen LogP contribution in [0.15, 0.2) is 83.3 Å². The molecule has 1 heterocycles. The summed E-state index contributed by atoms with van der Waals surface area (Å²) in [5.41, 5.74) is 2.38. The number of para-hydroxylation sites is 1. The van der Waals surface area contributed by atoms with Gasteiger partial charge in [-0.25, -0.2) is 0 Å². The van der Waals surface area contributed by atoms with Crippen molar-refractivity contribution in [3.63, 3.8) is 0 Å². The van der Waals surface area contributed by atoms with Crippen LogP contribution >= 0.6 is 15.9 Å². The van der Waals surface area contributed by atoms with Gasteiger partial charge in [0.1, 0.15) is 5.69 Å². The quantitative estimate of drug-likeness (QED) is 0.284. The zero-order valence-corrected chi connectivity index (χ0v) is 15.5. The summed E-state index contributed by atoms with van der Waals surface area (Å²) in [5.74, 6) is 0.546. The Morgan fingerprint density at radius 2 is 1.59 bits per heavy atom. The molecule has 0 amide bonds. The molecule has 0 aliphatic heterocycles. The summed E-state index contributed by atoms with van der Waals surface area (Å²) >= 11 is 3.42. The van der Waals surface area contributed by atoms with E-state index in [4.69, 9.17) is 0 Å². The molecule has 0 spiro atoms. The first-order valence-electron chi connectivity index (χ1n) is 8.08. The minimum absolute atomic E-state index is 0.0262. The van der Waals surface area contributed by atoms with Crippen LogP contribution in [0.3, 0.4) is 0 Å². The van der Waals surface area contributed by atoms with E-state index in [-0.39, 0.29) is 5.69 Å². The number of tetrazole rings is 1. The number of rotatable bonds is 4. The average molecular weight is 423 g/mol. The maximum atomic E-state index is 10.9. The van der Waals surface area contributed by atoms with E-state index in [1.165, 1.54) is 12.1 Å². The van der Waals surface area contributed by atoms with Crippen LogP contribution in [0.1, 0.15) is 0 Å². The number of nitro benzene ring substituents is 1. The van der Waals surface area contributed by atoms with Crippen LogP contribution in [0.25, 0.3) is 22.8 Å². The number of aromatic nitrogens is 4. The first-order valence-corrected chi connectivity index (χ1v) is 8.87. The fraction of sp³-hybridized carbons (Fsp3) is 0. The molecular formula is C19H13BrN5O2+. The van der Waals surface area contributed by atoms with Gasteiger partial charge in [-0.3, -0.25) is 10.1 Å². The van der Waals surface area contributed by atoms with E-state index in [0.717, 1.165) is 15.7 Å². The highest BCUT2D eigenvalue weighted by molar-refractivity contribution is 9.10. The molecule has 1 aromatic heterocycles. The monoisotopic (exact) mass is 422 g/mol. The van der Waals surface area contributed by atoms with Crippen molar-refractivity contribution >= 4 is 21.6 Å². The minimum Gasteiger partial charge on any atom is -0.258 e. The number of benzene rings is 3. The smallest absolute Gasteiger partial charge is 0.258 e. The Morgan fingerprint density at radius 1 is 0.926 bits per heavy atom. The van der Waals surface area contributed by atoms with Crippen molar-refractivity contribution in [1.29, 1.82) is 0 Å². The Balaban J connectivity index is 1.86. The van der Waals surface area contributed by atoms with Crippen LogP contribution < -0.4 is 4.80 Å². The largest absolute Gasteiger partial charge is 0.340 e. The Bertz CT molecular complexity index is 1090. The molecule has 0 fully saturated rings. The maximum absolute atomic E-state index is 10.9. The van der Waals surface area contributed by atoms with Crippen LogP contribution in [0.2, 0.25) is 0 Å². The number of nitro groups is 1. The number of nitrogens with zero attached hydrogens (tertiary/aromatic N) is 5. The molecule has 0 unspecified atom stereocenters. The van der Waals surface area contributed by atoms with E-state index in [9.17, 15) is 10.1 Å². The molecule has 0 aliphatic rings. The first-order chi connectivity index (χ1) is 13.1. The third-order valence-corrected chi connectivity index (χ3v) is 4.47. The normalized spacial score (nSPS) is 10.7. The molecule has 0 atom stereocenters. The topological polar surface area (TPSA) is 77.7 Å². The van der Waals surface area contributed by atoms with E-state index < -0.39 is 4.92 Å². The summed E-state index contributed by atoms with van der Waals surface area (Å²) in [6.45, 7) is 0. The highest BCUT2D eigenvalue weighted by Crippen LogP contribution is 2.19. The van der Waals surface area contributed by atoms with E-state index in [1.54, 1.807) is 21.7 Å². The molecule has 0 saturated carbocycles. The molecule has 0 saturated heterocycles. The number of halogens is 1. The third-order valence-electron chi connectivity index (χ3n) is 3.94. The molecular weight excluding hydrogens is 410 g/mol. The van der Waals surface area contributed by atoms with Gasteiger partial charge in [0, 0.05) is 21.4 Å². The SMILES string of the molecule is O=[N+]([O-])c1ccc(-[n+]2nc(-c3ccc(Br)cc3)nn2-c2ccccc2)cc1. The van der Waals surface area contributed by atoms with E-state index in [2.05, 4.69) is 26.1 Å². The maximum Gasteiger partial charge on any atom is 0.340 e. The van der Waals surface area contributed by atoms with Crippen molar-refractivity contribution in [2.45, 2.75) is 0 Å². The van der Waals surface area contributed by atoms with E-state index in [1.807, 2.05) is 54.6 Å². The molecule has 0 radical (unpaired) electrons. The molecule has 27 heavy (non-hydrogen) atoms. The van der Waals surface area contributed by atoms with Gasteiger partial charge in [-0.05, 0) is 58.4 Å². The Morgan fingerprint density at radius 3 is 2.22 bits per heavy atom. The van der Waals surface area contributed by atoms with Gasteiger partial charge in [-0.15, -0.1) is 0 Å². The van der Waals surface area contributed by atoms with Crippen molar-refractivity contribution in [1.82, 2.24) is 15.0 Å². The second-order valence-corrected chi connectivity index (χ2v) is 6.63.